The van der Waals surface area contributed by atoms with Crippen molar-refractivity contribution in [3.8, 4) is 0 Å². The van der Waals surface area contributed by atoms with Gasteiger partial charge >= 0.3 is 0 Å². The zero-order chi connectivity index (χ0) is 8.11. The van der Waals surface area contributed by atoms with Crippen LogP contribution in [0.1, 0.15) is 25.7 Å². The van der Waals surface area contributed by atoms with Crippen molar-refractivity contribution in [2.75, 3.05) is 0 Å². The van der Waals surface area contributed by atoms with E-state index in [4.69, 9.17) is 0 Å². The molecule has 2 aliphatic carbocycles. The standard InChI is InChI=1S/C8H10F2O/c9-8(10)4-7(5-8)1-6(2-7)3-11/h3,6H,1-2,4-5H2. The third-order valence-electron chi connectivity index (χ3n) is 2.85. The minimum Gasteiger partial charge on any atom is -0.303 e. The molecule has 3 heteroatoms. The van der Waals surface area contributed by atoms with Crippen LogP contribution in [-0.4, -0.2) is 12.2 Å². The molecule has 2 aliphatic rings. The second-order valence-corrected chi connectivity index (χ2v) is 4.01. The molecule has 0 saturated heterocycles. The highest BCUT2D eigenvalue weighted by molar-refractivity contribution is 5.56. The van der Waals surface area contributed by atoms with Crippen LogP contribution < -0.4 is 0 Å². The van der Waals surface area contributed by atoms with Crippen molar-refractivity contribution >= 4 is 6.29 Å². The highest BCUT2D eigenvalue weighted by atomic mass is 19.3. The Kier molecular flexibility index (Phi) is 1.19. The van der Waals surface area contributed by atoms with Crippen LogP contribution in [0.5, 0.6) is 0 Å². The zero-order valence-corrected chi connectivity index (χ0v) is 6.15. The monoisotopic (exact) mass is 160 g/mol. The predicted octanol–water partition coefficient (Wildman–Crippen LogP) is 2.01. The third kappa shape index (κ3) is 0.976. The molecule has 0 N–H and O–H groups in total. The van der Waals surface area contributed by atoms with E-state index in [1.807, 2.05) is 0 Å². The van der Waals surface area contributed by atoms with Crippen LogP contribution >= 0.6 is 0 Å². The summed E-state index contributed by atoms with van der Waals surface area (Å²) in [7, 11) is 0. The fraction of sp³-hybridized carbons (Fsp3) is 0.875. The van der Waals surface area contributed by atoms with Crippen LogP contribution in [0, 0.1) is 11.3 Å². The molecule has 0 heterocycles. The minimum atomic E-state index is -2.42. The molecule has 0 aromatic carbocycles. The number of halogens is 2. The number of hydrogen-bond acceptors (Lipinski definition) is 1. The van der Waals surface area contributed by atoms with Gasteiger partial charge in [0.2, 0.25) is 5.92 Å². The number of rotatable bonds is 1. The van der Waals surface area contributed by atoms with Crippen LogP contribution in [0.25, 0.3) is 0 Å². The first kappa shape index (κ1) is 7.19. The first-order valence-electron chi connectivity index (χ1n) is 3.88. The fourth-order valence-corrected chi connectivity index (χ4v) is 2.48. The number of hydrogen-bond donors (Lipinski definition) is 0. The van der Waals surface area contributed by atoms with Crippen LogP contribution in [-0.2, 0) is 4.79 Å². The average molecular weight is 160 g/mol. The topological polar surface area (TPSA) is 17.1 Å². The van der Waals surface area contributed by atoms with Gasteiger partial charge in [-0.05, 0) is 18.3 Å². The molecule has 2 rings (SSSR count). The summed E-state index contributed by atoms with van der Waals surface area (Å²) in [5.74, 6) is -2.35. The normalized spacial score (nSPS) is 32.5. The molecule has 2 fully saturated rings. The lowest BCUT2D eigenvalue weighted by atomic mass is 9.50. The van der Waals surface area contributed by atoms with E-state index < -0.39 is 5.92 Å². The van der Waals surface area contributed by atoms with Gasteiger partial charge in [-0.3, -0.25) is 0 Å². The van der Waals surface area contributed by atoms with Gasteiger partial charge in [0.05, 0.1) is 0 Å². The Morgan fingerprint density at radius 1 is 1.27 bits per heavy atom. The van der Waals surface area contributed by atoms with E-state index in [1.54, 1.807) is 0 Å². The maximum atomic E-state index is 12.4. The van der Waals surface area contributed by atoms with E-state index in [1.165, 1.54) is 0 Å². The first-order valence-corrected chi connectivity index (χ1v) is 3.88. The maximum absolute atomic E-state index is 12.4. The van der Waals surface area contributed by atoms with Gasteiger partial charge in [-0.2, -0.15) is 0 Å². The Balaban J connectivity index is 1.88. The molecule has 0 bridgehead atoms. The molecule has 11 heavy (non-hydrogen) atoms. The summed E-state index contributed by atoms with van der Waals surface area (Å²) in [5.41, 5.74) is -0.130. The van der Waals surface area contributed by atoms with Crippen molar-refractivity contribution < 1.29 is 13.6 Å². The second-order valence-electron chi connectivity index (χ2n) is 4.01. The zero-order valence-electron chi connectivity index (χ0n) is 6.15. The van der Waals surface area contributed by atoms with E-state index in [0.717, 1.165) is 6.29 Å². The fourth-order valence-electron chi connectivity index (χ4n) is 2.48. The Morgan fingerprint density at radius 3 is 2.18 bits per heavy atom. The molecule has 1 spiro atoms. The maximum Gasteiger partial charge on any atom is 0.249 e. The summed E-state index contributed by atoms with van der Waals surface area (Å²) in [6.07, 6.45) is 2.33. The Hall–Kier alpha value is -0.470. The highest BCUT2D eigenvalue weighted by Crippen LogP contribution is 2.63. The van der Waals surface area contributed by atoms with Crippen LogP contribution in [0.2, 0.25) is 0 Å². The largest absolute Gasteiger partial charge is 0.303 e. The molecule has 0 atom stereocenters. The third-order valence-corrected chi connectivity index (χ3v) is 2.85. The lowest BCUT2D eigenvalue weighted by Gasteiger charge is -2.56. The Labute approximate surface area is 63.8 Å². The summed E-state index contributed by atoms with van der Waals surface area (Å²) in [5, 5.41) is 0. The second kappa shape index (κ2) is 1.82. The van der Waals surface area contributed by atoms with Crippen LogP contribution in [0.4, 0.5) is 8.78 Å². The van der Waals surface area contributed by atoms with Gasteiger partial charge in [0.1, 0.15) is 6.29 Å². The molecule has 0 unspecified atom stereocenters. The van der Waals surface area contributed by atoms with Crippen molar-refractivity contribution in [3.05, 3.63) is 0 Å². The van der Waals surface area contributed by atoms with Gasteiger partial charge in [0.25, 0.3) is 0 Å². The van der Waals surface area contributed by atoms with Crippen molar-refractivity contribution in [2.45, 2.75) is 31.6 Å². The summed E-state index contributed by atoms with van der Waals surface area (Å²) in [6.45, 7) is 0. The van der Waals surface area contributed by atoms with E-state index in [2.05, 4.69) is 0 Å². The number of carbonyl (C=O) groups excluding carboxylic acids is 1. The summed E-state index contributed by atoms with van der Waals surface area (Å²) in [4.78, 5) is 10.2. The molecule has 0 aromatic rings. The molecule has 0 amide bonds. The van der Waals surface area contributed by atoms with E-state index in [0.29, 0.717) is 12.8 Å². The van der Waals surface area contributed by atoms with Crippen LogP contribution in [0.3, 0.4) is 0 Å². The number of carbonyl (C=O) groups is 1. The average Bonchev–Trinajstić information content (AvgIpc) is 1.75. The number of aldehydes is 1. The van der Waals surface area contributed by atoms with Crippen LogP contribution in [0.15, 0.2) is 0 Å². The molecule has 0 radical (unpaired) electrons. The van der Waals surface area contributed by atoms with Crippen molar-refractivity contribution in [2.24, 2.45) is 11.3 Å². The summed E-state index contributed by atoms with van der Waals surface area (Å²) in [6, 6.07) is 0. The lowest BCUT2D eigenvalue weighted by molar-refractivity contribution is -0.204. The van der Waals surface area contributed by atoms with Crippen molar-refractivity contribution in [1.29, 1.82) is 0 Å². The molecule has 0 aliphatic heterocycles. The van der Waals surface area contributed by atoms with Gasteiger partial charge in [0, 0.05) is 18.8 Å². The SMILES string of the molecule is O=CC1CC2(C1)CC(F)(F)C2. The Bertz CT molecular complexity index is 184. The van der Waals surface area contributed by atoms with Gasteiger partial charge in [-0.25, -0.2) is 8.78 Å². The van der Waals surface area contributed by atoms with E-state index in [-0.39, 0.29) is 24.2 Å². The van der Waals surface area contributed by atoms with Gasteiger partial charge < -0.3 is 4.79 Å². The van der Waals surface area contributed by atoms with E-state index in [9.17, 15) is 13.6 Å². The molecular formula is C8H10F2O. The quantitative estimate of drug-likeness (QED) is 0.536. The van der Waals surface area contributed by atoms with Gasteiger partial charge in [-0.15, -0.1) is 0 Å². The number of alkyl halides is 2. The predicted molar refractivity (Wildman–Crippen MR) is 35.4 cm³/mol. The summed E-state index contributed by atoms with van der Waals surface area (Å²) < 4.78 is 24.8. The summed E-state index contributed by atoms with van der Waals surface area (Å²) >= 11 is 0. The molecule has 2 saturated carbocycles. The lowest BCUT2D eigenvalue weighted by Crippen LogP contribution is -2.53. The van der Waals surface area contributed by atoms with Crippen molar-refractivity contribution in [3.63, 3.8) is 0 Å². The smallest absolute Gasteiger partial charge is 0.249 e. The van der Waals surface area contributed by atoms with Crippen molar-refractivity contribution in [1.82, 2.24) is 0 Å². The Morgan fingerprint density at radius 2 is 1.82 bits per heavy atom. The van der Waals surface area contributed by atoms with Gasteiger partial charge in [0.15, 0.2) is 0 Å². The first-order chi connectivity index (χ1) is 5.05. The van der Waals surface area contributed by atoms with E-state index >= 15 is 0 Å². The highest BCUT2D eigenvalue weighted by Gasteiger charge is 2.61. The molecule has 0 aromatic heterocycles. The molecular weight excluding hydrogens is 150 g/mol. The minimum absolute atomic E-state index is 0.0182. The van der Waals surface area contributed by atoms with Gasteiger partial charge in [-0.1, -0.05) is 0 Å². The molecule has 62 valence electrons. The molecule has 1 nitrogen and oxygen atoms in total.